The van der Waals surface area contributed by atoms with Crippen molar-refractivity contribution in [3.05, 3.63) is 70.3 Å². The lowest BCUT2D eigenvalue weighted by molar-refractivity contribution is 1.12. The molecule has 3 nitrogen and oxygen atoms in total. The molecule has 0 aliphatic heterocycles. The lowest BCUT2D eigenvalue weighted by Crippen LogP contribution is -2.01. The number of pyridine rings is 1. The number of H-pyrrole nitrogens is 1. The fourth-order valence-corrected chi connectivity index (χ4v) is 3.06. The van der Waals surface area contributed by atoms with Crippen LogP contribution in [-0.2, 0) is 6.54 Å². The van der Waals surface area contributed by atoms with E-state index in [1.165, 1.54) is 5.39 Å². The van der Waals surface area contributed by atoms with Crippen LogP contribution in [0.2, 0.25) is 10.0 Å². The number of anilines is 1. The van der Waals surface area contributed by atoms with Gasteiger partial charge in [0.1, 0.15) is 0 Å². The molecule has 0 radical (unpaired) electrons. The van der Waals surface area contributed by atoms with E-state index in [-0.39, 0.29) is 0 Å². The van der Waals surface area contributed by atoms with Gasteiger partial charge in [-0.05, 0) is 29.8 Å². The maximum absolute atomic E-state index is 6.06. The van der Waals surface area contributed by atoms with Gasteiger partial charge in [-0.15, -0.1) is 0 Å². The van der Waals surface area contributed by atoms with Crippen molar-refractivity contribution < 1.29 is 0 Å². The summed E-state index contributed by atoms with van der Waals surface area (Å²) in [4.78, 5) is 7.89. The number of aromatic nitrogens is 2. The summed E-state index contributed by atoms with van der Waals surface area (Å²) in [5.74, 6) is 0.824. The van der Waals surface area contributed by atoms with Crippen LogP contribution in [-0.4, -0.2) is 9.97 Å². The maximum Gasteiger partial charge on any atom is 0.150 e. The summed E-state index contributed by atoms with van der Waals surface area (Å²) < 4.78 is 0. The van der Waals surface area contributed by atoms with Crippen LogP contribution in [0.4, 0.5) is 5.82 Å². The van der Waals surface area contributed by atoms with E-state index in [0.29, 0.717) is 16.6 Å². The minimum absolute atomic E-state index is 0.558. The first-order valence-corrected chi connectivity index (χ1v) is 8.01. The molecule has 2 aromatic carbocycles. The predicted octanol–water partition coefficient (Wildman–Crippen LogP) is 5.64. The van der Waals surface area contributed by atoms with Gasteiger partial charge in [0.25, 0.3) is 0 Å². The highest BCUT2D eigenvalue weighted by molar-refractivity contribution is 6.42. The number of benzene rings is 2. The van der Waals surface area contributed by atoms with E-state index in [9.17, 15) is 0 Å². The molecule has 0 amide bonds. The number of rotatable bonds is 3. The SMILES string of the molecule is Clc1ccc(CNc2nccc3c2[nH]c2ccccc23)cc1Cl. The molecule has 0 bridgehead atoms. The van der Waals surface area contributed by atoms with Crippen LogP contribution >= 0.6 is 23.2 Å². The molecule has 0 atom stereocenters. The lowest BCUT2D eigenvalue weighted by atomic mass is 10.2. The van der Waals surface area contributed by atoms with Gasteiger partial charge in [0.15, 0.2) is 5.82 Å². The second kappa shape index (κ2) is 5.76. The average Bonchev–Trinajstić information content (AvgIpc) is 2.95. The van der Waals surface area contributed by atoms with Crippen LogP contribution in [0.5, 0.6) is 0 Å². The molecule has 5 heteroatoms. The van der Waals surface area contributed by atoms with Gasteiger partial charge in [0.2, 0.25) is 0 Å². The first kappa shape index (κ1) is 14.4. The molecule has 0 fully saturated rings. The molecule has 0 spiro atoms. The molecule has 0 saturated heterocycles. The highest BCUT2D eigenvalue weighted by Gasteiger charge is 2.08. The molecule has 2 N–H and O–H groups in total. The van der Waals surface area contributed by atoms with Crippen LogP contribution in [0.15, 0.2) is 54.7 Å². The number of fused-ring (bicyclic) bond motifs is 3. The van der Waals surface area contributed by atoms with E-state index in [2.05, 4.69) is 27.4 Å². The number of hydrogen-bond acceptors (Lipinski definition) is 2. The molecule has 2 aromatic heterocycles. The van der Waals surface area contributed by atoms with Crippen LogP contribution in [0.1, 0.15) is 5.56 Å². The van der Waals surface area contributed by atoms with Crippen LogP contribution < -0.4 is 5.32 Å². The van der Waals surface area contributed by atoms with Crippen molar-refractivity contribution in [2.24, 2.45) is 0 Å². The summed E-state index contributed by atoms with van der Waals surface area (Å²) in [7, 11) is 0. The molecule has 4 rings (SSSR count). The Hall–Kier alpha value is -2.23. The van der Waals surface area contributed by atoms with Crippen molar-refractivity contribution in [3.8, 4) is 0 Å². The number of halogens is 2. The number of nitrogens with one attached hydrogen (secondary N) is 2. The lowest BCUT2D eigenvalue weighted by Gasteiger charge is -2.07. The minimum atomic E-state index is 0.558. The number of aromatic amines is 1. The first-order chi connectivity index (χ1) is 11.2. The van der Waals surface area contributed by atoms with Gasteiger partial charge in [-0.25, -0.2) is 4.98 Å². The second-order valence-corrected chi connectivity index (χ2v) is 6.17. The molecule has 0 aliphatic carbocycles. The van der Waals surface area contributed by atoms with E-state index < -0.39 is 0 Å². The van der Waals surface area contributed by atoms with Crippen LogP contribution in [0, 0.1) is 0 Å². The van der Waals surface area contributed by atoms with Crippen LogP contribution in [0.25, 0.3) is 21.8 Å². The third-order valence-corrected chi connectivity index (χ3v) is 4.61. The number of nitrogens with zero attached hydrogens (tertiary/aromatic N) is 1. The Balaban J connectivity index is 1.70. The van der Waals surface area contributed by atoms with Gasteiger partial charge in [-0.3, -0.25) is 0 Å². The molecule has 23 heavy (non-hydrogen) atoms. The molecule has 0 aliphatic rings. The van der Waals surface area contributed by atoms with Gasteiger partial charge in [0.05, 0.1) is 15.6 Å². The molecule has 114 valence electrons. The topological polar surface area (TPSA) is 40.7 Å². The monoisotopic (exact) mass is 341 g/mol. The van der Waals surface area contributed by atoms with E-state index in [4.69, 9.17) is 23.2 Å². The second-order valence-electron chi connectivity index (χ2n) is 5.35. The van der Waals surface area contributed by atoms with Crippen molar-refractivity contribution >= 4 is 50.8 Å². The number of hydrogen-bond donors (Lipinski definition) is 2. The predicted molar refractivity (Wildman–Crippen MR) is 97.4 cm³/mol. The van der Waals surface area contributed by atoms with Gasteiger partial charge in [-0.1, -0.05) is 47.5 Å². The van der Waals surface area contributed by atoms with Gasteiger partial charge in [-0.2, -0.15) is 0 Å². The normalized spacial score (nSPS) is 11.2. The molecule has 2 heterocycles. The summed E-state index contributed by atoms with van der Waals surface area (Å²) in [6.07, 6.45) is 1.82. The fourth-order valence-electron chi connectivity index (χ4n) is 2.74. The third kappa shape index (κ3) is 2.62. The smallest absolute Gasteiger partial charge is 0.150 e. The first-order valence-electron chi connectivity index (χ1n) is 7.25. The Bertz CT molecular complexity index is 1010. The molecular formula is C18H13Cl2N3. The van der Waals surface area contributed by atoms with Gasteiger partial charge >= 0.3 is 0 Å². The zero-order valence-corrected chi connectivity index (χ0v) is 13.6. The largest absolute Gasteiger partial charge is 0.364 e. The Morgan fingerprint density at radius 3 is 2.70 bits per heavy atom. The molecule has 0 saturated carbocycles. The highest BCUT2D eigenvalue weighted by Crippen LogP contribution is 2.29. The van der Waals surface area contributed by atoms with Crippen molar-refractivity contribution in [1.29, 1.82) is 0 Å². The van der Waals surface area contributed by atoms with Gasteiger partial charge in [0, 0.05) is 29.0 Å². The van der Waals surface area contributed by atoms with Crippen molar-refractivity contribution in [3.63, 3.8) is 0 Å². The minimum Gasteiger partial charge on any atom is -0.364 e. The average molecular weight is 342 g/mol. The standard InChI is InChI=1S/C18H13Cl2N3/c19-14-6-5-11(9-15(14)20)10-22-18-17-13(7-8-21-18)12-3-1-2-4-16(12)23-17/h1-9,23H,10H2,(H,21,22). The quantitative estimate of drug-likeness (QED) is 0.506. The zero-order chi connectivity index (χ0) is 15.8. The van der Waals surface area contributed by atoms with E-state index in [1.54, 1.807) is 6.07 Å². The number of para-hydroxylation sites is 1. The Kier molecular flexibility index (Phi) is 3.60. The third-order valence-electron chi connectivity index (χ3n) is 3.87. The van der Waals surface area contributed by atoms with Crippen molar-refractivity contribution in [1.82, 2.24) is 9.97 Å². The Morgan fingerprint density at radius 2 is 1.83 bits per heavy atom. The van der Waals surface area contributed by atoms with Crippen LogP contribution in [0.3, 0.4) is 0 Å². The molecule has 0 unspecified atom stereocenters. The Labute approximate surface area is 143 Å². The van der Waals surface area contributed by atoms with E-state index in [0.717, 1.165) is 27.8 Å². The highest BCUT2D eigenvalue weighted by atomic mass is 35.5. The summed E-state index contributed by atoms with van der Waals surface area (Å²) >= 11 is 12.0. The summed E-state index contributed by atoms with van der Waals surface area (Å²) in [6.45, 7) is 0.623. The van der Waals surface area contributed by atoms with E-state index in [1.807, 2.05) is 36.5 Å². The molecular weight excluding hydrogens is 329 g/mol. The summed E-state index contributed by atoms with van der Waals surface area (Å²) in [6, 6.07) is 15.9. The van der Waals surface area contributed by atoms with E-state index >= 15 is 0 Å². The fraction of sp³-hybridized carbons (Fsp3) is 0.0556. The van der Waals surface area contributed by atoms with Crippen molar-refractivity contribution in [2.45, 2.75) is 6.54 Å². The van der Waals surface area contributed by atoms with Crippen molar-refractivity contribution in [2.75, 3.05) is 5.32 Å². The summed E-state index contributed by atoms with van der Waals surface area (Å²) in [5.41, 5.74) is 3.16. The Morgan fingerprint density at radius 1 is 0.957 bits per heavy atom. The summed E-state index contributed by atoms with van der Waals surface area (Å²) in [5, 5.41) is 6.84. The maximum atomic E-state index is 6.06. The zero-order valence-electron chi connectivity index (χ0n) is 12.1. The van der Waals surface area contributed by atoms with Gasteiger partial charge < -0.3 is 10.3 Å². The molecule has 4 aromatic rings.